The molecule has 0 amide bonds. The molecule has 158 valence electrons. The molecule has 6 unspecified atom stereocenters. The van der Waals surface area contributed by atoms with Crippen LogP contribution >= 0.6 is 95.8 Å². The fourth-order valence-electron chi connectivity index (χ4n) is 3.35. The molecule has 2 heterocycles. The van der Waals surface area contributed by atoms with Gasteiger partial charge in [0.15, 0.2) is 0 Å². The van der Waals surface area contributed by atoms with E-state index >= 15 is 0 Å². The Hall–Kier alpha value is 2.02. The summed E-state index contributed by atoms with van der Waals surface area (Å²) in [6, 6.07) is 9.67. The molecule has 2 aliphatic rings. The molecule has 3 rings (SSSR count). The van der Waals surface area contributed by atoms with Crippen LogP contribution in [0.5, 0.6) is 0 Å². The molecule has 0 N–H and O–H groups in total. The molecule has 0 nitrogen and oxygen atoms in total. The quantitative estimate of drug-likeness (QED) is 0.301. The second-order valence-corrected chi connectivity index (χ2v) is 16.1. The van der Waals surface area contributed by atoms with Gasteiger partial charge in [-0.25, -0.2) is 0 Å². The highest BCUT2D eigenvalue weighted by Gasteiger charge is 2.34. The molecule has 0 bridgehead atoms. The molecular weight excluding hydrogens is 497 g/mol. The first-order chi connectivity index (χ1) is 13.7. The fourth-order valence-corrected chi connectivity index (χ4v) is 14.4. The topological polar surface area (TPSA) is 0 Å². The molecule has 28 heavy (non-hydrogen) atoms. The van der Waals surface area contributed by atoms with Gasteiger partial charge in [0.05, 0.1) is 19.7 Å². The van der Waals surface area contributed by atoms with Gasteiger partial charge in [-0.1, -0.05) is 38.1 Å². The van der Waals surface area contributed by atoms with Crippen molar-refractivity contribution in [3.63, 3.8) is 0 Å². The predicted octanol–water partition coefficient (Wildman–Crippen LogP) is 7.48. The van der Waals surface area contributed by atoms with E-state index in [0.29, 0.717) is 30.2 Å². The number of hydrogen-bond acceptors (Lipinski definition) is 8. The lowest BCUT2D eigenvalue weighted by Crippen LogP contribution is -2.10. The molecule has 0 spiro atoms. The maximum atomic E-state index is 4.52. The highest BCUT2D eigenvalue weighted by atomic mass is 32.2. The van der Waals surface area contributed by atoms with Crippen LogP contribution in [0.1, 0.15) is 35.5 Å². The monoisotopic (exact) mass is 526 g/mol. The van der Waals surface area contributed by atoms with Gasteiger partial charge in [-0.15, -0.1) is 47.0 Å². The van der Waals surface area contributed by atoms with Crippen molar-refractivity contribution >= 4 is 95.8 Å². The summed E-state index contributed by atoms with van der Waals surface area (Å²) in [6.45, 7) is 4.57. The minimum Gasteiger partial charge on any atom is -0.178 e. The van der Waals surface area contributed by atoms with Crippen molar-refractivity contribution in [1.29, 1.82) is 0 Å². The largest absolute Gasteiger partial charge is 0.178 e. The van der Waals surface area contributed by atoms with Crippen molar-refractivity contribution in [2.45, 2.75) is 44.0 Å². The van der Waals surface area contributed by atoms with Crippen LogP contribution in [0.15, 0.2) is 24.3 Å². The predicted molar refractivity (Wildman–Crippen MR) is 151 cm³/mol. The molecular formula is C20H30S8. The Morgan fingerprint density at radius 3 is 1.50 bits per heavy atom. The van der Waals surface area contributed by atoms with E-state index in [0.717, 1.165) is 11.5 Å². The third kappa shape index (κ3) is 6.52. The van der Waals surface area contributed by atoms with Crippen molar-refractivity contribution in [2.75, 3.05) is 34.5 Å². The second kappa shape index (κ2) is 12.9. The smallest absolute Gasteiger partial charge is 0.0665 e. The number of benzene rings is 1. The molecule has 0 radical (unpaired) electrons. The van der Waals surface area contributed by atoms with Crippen LogP contribution in [0.3, 0.4) is 0 Å². The summed E-state index contributed by atoms with van der Waals surface area (Å²) in [4.78, 5) is 0. The zero-order chi connectivity index (χ0) is 19.9. The molecule has 1 aromatic rings. The van der Waals surface area contributed by atoms with Crippen LogP contribution < -0.4 is 0 Å². The van der Waals surface area contributed by atoms with Crippen LogP contribution in [-0.4, -0.2) is 54.2 Å². The molecule has 0 saturated carbocycles. The van der Waals surface area contributed by atoms with Crippen LogP contribution in [0.25, 0.3) is 0 Å². The van der Waals surface area contributed by atoms with Gasteiger partial charge < -0.3 is 0 Å². The van der Waals surface area contributed by atoms with Gasteiger partial charge in [0.25, 0.3) is 0 Å². The summed E-state index contributed by atoms with van der Waals surface area (Å²) in [7, 11) is 0. The molecule has 2 aliphatic heterocycles. The first kappa shape index (κ1) is 24.7. The van der Waals surface area contributed by atoms with Gasteiger partial charge >= 0.3 is 0 Å². The van der Waals surface area contributed by atoms with Gasteiger partial charge in [-0.05, 0) is 22.6 Å². The first-order valence-electron chi connectivity index (χ1n) is 9.79. The third-order valence-electron chi connectivity index (χ3n) is 4.73. The highest BCUT2D eigenvalue weighted by molar-refractivity contribution is 8.22. The van der Waals surface area contributed by atoms with Gasteiger partial charge in [0.2, 0.25) is 0 Å². The summed E-state index contributed by atoms with van der Waals surface area (Å²) in [5.74, 6) is 6.83. The zero-order valence-corrected chi connectivity index (χ0v) is 23.0. The Labute approximate surface area is 208 Å². The Kier molecular flexibility index (Phi) is 11.4. The van der Waals surface area contributed by atoms with E-state index in [1.807, 2.05) is 0 Å². The summed E-state index contributed by atoms with van der Waals surface area (Å²) < 4.78 is 1.32. The lowest BCUT2D eigenvalue weighted by molar-refractivity contribution is 1.04. The lowest BCUT2D eigenvalue weighted by atomic mass is 10.1. The number of rotatable bonds is 10. The van der Waals surface area contributed by atoms with Gasteiger partial charge in [0.1, 0.15) is 0 Å². The first-order valence-corrected chi connectivity index (χ1v) is 17.1. The standard InChI is InChI=1S/C20H30S8/c1-3-23-17(19-25-11-15(9-21)27-19)13-5-7-14(8-6-13)18(24-4-2)20-26-12-16(10-22)28-20/h5-8,15-22H,3-4,9-12H2,1-2H3. The fraction of sp³-hybridized carbons (Fsp3) is 0.700. The maximum absolute atomic E-state index is 4.52. The van der Waals surface area contributed by atoms with Crippen molar-refractivity contribution in [3.8, 4) is 0 Å². The van der Waals surface area contributed by atoms with Crippen molar-refractivity contribution < 1.29 is 0 Å². The van der Waals surface area contributed by atoms with E-state index in [1.165, 1.54) is 34.1 Å². The van der Waals surface area contributed by atoms with E-state index in [1.54, 1.807) is 0 Å². The normalized spacial score (nSPS) is 29.9. The Morgan fingerprint density at radius 2 is 1.21 bits per heavy atom. The third-order valence-corrected chi connectivity index (χ3v) is 16.1. The average molecular weight is 527 g/mol. The van der Waals surface area contributed by atoms with Crippen LogP contribution in [0, 0.1) is 0 Å². The molecule has 0 aliphatic carbocycles. The minimum atomic E-state index is 0.583. The molecule has 1 aromatic carbocycles. The van der Waals surface area contributed by atoms with Crippen molar-refractivity contribution in [3.05, 3.63) is 35.4 Å². The van der Waals surface area contributed by atoms with Crippen molar-refractivity contribution in [2.24, 2.45) is 0 Å². The number of thioether (sulfide) groups is 6. The van der Waals surface area contributed by atoms with Gasteiger partial charge in [-0.3, -0.25) is 0 Å². The van der Waals surface area contributed by atoms with E-state index in [-0.39, 0.29) is 0 Å². The molecule has 2 saturated heterocycles. The Morgan fingerprint density at radius 1 is 0.821 bits per heavy atom. The SMILES string of the molecule is CCSC(c1ccc(C(SCC)C2SCC(CS)S2)cc1)C1SCC(CS)S1. The van der Waals surface area contributed by atoms with Crippen molar-refractivity contribution in [1.82, 2.24) is 0 Å². The average Bonchev–Trinajstić information content (AvgIpc) is 3.40. The van der Waals surface area contributed by atoms with E-state index in [2.05, 4.69) is 134 Å². The number of thiol groups is 2. The zero-order valence-electron chi connectivity index (χ0n) is 16.4. The lowest BCUT2D eigenvalue weighted by Gasteiger charge is -2.25. The van der Waals surface area contributed by atoms with Crippen LogP contribution in [-0.2, 0) is 0 Å². The van der Waals surface area contributed by atoms with E-state index in [9.17, 15) is 0 Å². The molecule has 6 atom stereocenters. The summed E-state index contributed by atoms with van der Waals surface area (Å²) in [5, 5.41) is 2.58. The van der Waals surface area contributed by atoms with Crippen LogP contribution in [0.4, 0.5) is 0 Å². The summed E-state index contributed by atoms with van der Waals surface area (Å²) in [6.07, 6.45) is 0. The Balaban J connectivity index is 1.72. The van der Waals surface area contributed by atoms with E-state index < -0.39 is 0 Å². The Bertz CT molecular complexity index is 529. The van der Waals surface area contributed by atoms with Crippen LogP contribution in [0.2, 0.25) is 0 Å². The van der Waals surface area contributed by atoms with Gasteiger partial charge in [0, 0.05) is 33.5 Å². The number of hydrogen-bond donors (Lipinski definition) is 2. The van der Waals surface area contributed by atoms with Gasteiger partial charge in [-0.2, -0.15) is 48.8 Å². The molecule has 8 heteroatoms. The summed E-state index contributed by atoms with van der Waals surface area (Å²) >= 11 is 21.8. The molecule has 0 aromatic heterocycles. The minimum absolute atomic E-state index is 0.583. The second-order valence-electron chi connectivity index (χ2n) is 6.70. The molecule has 2 fully saturated rings. The highest BCUT2D eigenvalue weighted by Crippen LogP contribution is 2.52. The maximum Gasteiger partial charge on any atom is 0.0665 e. The van der Waals surface area contributed by atoms with E-state index in [4.69, 9.17) is 0 Å². The summed E-state index contributed by atoms with van der Waals surface area (Å²) in [5.41, 5.74) is 3.00.